The van der Waals surface area contributed by atoms with Crippen LogP contribution < -0.4 is 15.3 Å². The summed E-state index contributed by atoms with van der Waals surface area (Å²) in [4.78, 5) is 32.4. The van der Waals surface area contributed by atoms with Gasteiger partial charge < -0.3 is 4.90 Å². The molecule has 2 aromatic carbocycles. The molecule has 2 aliphatic rings. The Balaban J connectivity index is 1.76. The second-order valence-electron chi connectivity index (χ2n) is 6.64. The average Bonchev–Trinajstić information content (AvgIpc) is 3.14. The molecular formula is C19H18ClN3O3. The van der Waals surface area contributed by atoms with Crippen molar-refractivity contribution in [3.05, 3.63) is 59.1 Å². The monoisotopic (exact) mass is 371 g/mol. The molecule has 0 aliphatic carbocycles. The lowest BCUT2D eigenvalue weighted by atomic mass is 9.90. The first-order valence-corrected chi connectivity index (χ1v) is 8.67. The lowest BCUT2D eigenvalue weighted by Crippen LogP contribution is -2.33. The average molecular weight is 372 g/mol. The number of carbonyl (C=O) groups excluding carboxylic acids is 2. The maximum Gasteiger partial charge on any atom is 0.259 e. The van der Waals surface area contributed by atoms with E-state index in [1.165, 1.54) is 0 Å². The highest BCUT2D eigenvalue weighted by atomic mass is 35.5. The molecule has 0 unspecified atom stereocenters. The first kappa shape index (κ1) is 16.9. The number of fused-ring (bicyclic) bond motifs is 1. The van der Waals surface area contributed by atoms with Gasteiger partial charge >= 0.3 is 0 Å². The first-order valence-electron chi connectivity index (χ1n) is 8.29. The quantitative estimate of drug-likeness (QED) is 0.840. The topological polar surface area (TPSA) is 61.9 Å². The number of hydrogen-bond acceptors (Lipinski definition) is 5. The fraction of sp³-hybridized carbons (Fsp3) is 0.263. The normalized spacial score (nSPS) is 24.6. The van der Waals surface area contributed by atoms with E-state index in [-0.39, 0.29) is 5.91 Å². The standard InChI is InChI=1S/C19H18ClN3O3/c1-22(2)13-7-3-11(4-8-13)16-15-17(19(25)21-18(15)24)26-23(16)14-9-5-12(20)6-10-14/h3-10,15-17H,1-2H3,(H,21,24,25)/t15-,16+,17+/m0/s1. The summed E-state index contributed by atoms with van der Waals surface area (Å²) < 4.78 is 0. The van der Waals surface area contributed by atoms with Gasteiger partial charge in [0.1, 0.15) is 5.92 Å². The molecule has 26 heavy (non-hydrogen) atoms. The molecule has 2 saturated heterocycles. The van der Waals surface area contributed by atoms with Crippen molar-refractivity contribution in [1.29, 1.82) is 0 Å². The highest BCUT2D eigenvalue weighted by molar-refractivity contribution is 6.30. The number of amides is 2. The number of hydrogen-bond donors (Lipinski definition) is 1. The number of nitrogens with zero attached hydrogens (tertiary/aromatic N) is 2. The highest BCUT2D eigenvalue weighted by Gasteiger charge is 2.56. The molecule has 3 atom stereocenters. The molecule has 2 heterocycles. The Morgan fingerprint density at radius 1 is 1.00 bits per heavy atom. The van der Waals surface area contributed by atoms with E-state index in [4.69, 9.17) is 16.4 Å². The van der Waals surface area contributed by atoms with Crippen molar-refractivity contribution in [2.24, 2.45) is 5.92 Å². The van der Waals surface area contributed by atoms with Crippen LogP contribution in [0.5, 0.6) is 0 Å². The van der Waals surface area contributed by atoms with Crippen LogP contribution in [-0.4, -0.2) is 32.0 Å². The summed E-state index contributed by atoms with van der Waals surface area (Å²) >= 11 is 5.98. The summed E-state index contributed by atoms with van der Waals surface area (Å²) in [7, 11) is 3.93. The Labute approximate surface area is 156 Å². The molecule has 0 bridgehead atoms. The largest absolute Gasteiger partial charge is 0.378 e. The van der Waals surface area contributed by atoms with Crippen molar-refractivity contribution in [2.75, 3.05) is 24.1 Å². The first-order chi connectivity index (χ1) is 12.5. The Morgan fingerprint density at radius 2 is 1.65 bits per heavy atom. The fourth-order valence-corrected chi connectivity index (χ4v) is 3.58. The van der Waals surface area contributed by atoms with Gasteiger partial charge in [-0.3, -0.25) is 19.7 Å². The fourth-order valence-electron chi connectivity index (χ4n) is 3.45. The van der Waals surface area contributed by atoms with E-state index in [9.17, 15) is 9.59 Å². The number of nitrogens with one attached hydrogen (secondary N) is 1. The van der Waals surface area contributed by atoms with Crippen molar-refractivity contribution in [1.82, 2.24) is 5.32 Å². The molecule has 134 valence electrons. The molecule has 2 fully saturated rings. The maximum absolute atomic E-state index is 12.4. The van der Waals surface area contributed by atoms with Crippen molar-refractivity contribution in [3.8, 4) is 0 Å². The van der Waals surface area contributed by atoms with Gasteiger partial charge in [0.15, 0.2) is 6.10 Å². The van der Waals surface area contributed by atoms with Gasteiger partial charge in [-0.2, -0.15) is 0 Å². The molecule has 2 amide bonds. The zero-order chi connectivity index (χ0) is 18.4. The van der Waals surface area contributed by atoms with Gasteiger partial charge in [0.2, 0.25) is 5.91 Å². The maximum atomic E-state index is 12.4. The number of halogens is 1. The summed E-state index contributed by atoms with van der Waals surface area (Å²) in [5.74, 6) is -1.30. The molecule has 0 radical (unpaired) electrons. The lowest BCUT2D eigenvalue weighted by molar-refractivity contribution is -0.129. The van der Waals surface area contributed by atoms with Crippen LogP contribution >= 0.6 is 11.6 Å². The predicted octanol–water partition coefficient (Wildman–Crippen LogP) is 2.54. The molecule has 0 spiro atoms. The van der Waals surface area contributed by atoms with Gasteiger partial charge in [0.25, 0.3) is 5.91 Å². The third-order valence-electron chi connectivity index (χ3n) is 4.79. The summed E-state index contributed by atoms with van der Waals surface area (Å²) in [6.07, 6.45) is -0.822. The number of imide groups is 1. The van der Waals surface area contributed by atoms with Crippen LogP contribution in [-0.2, 0) is 14.4 Å². The minimum Gasteiger partial charge on any atom is -0.378 e. The van der Waals surface area contributed by atoms with Gasteiger partial charge in [0.05, 0.1) is 11.7 Å². The van der Waals surface area contributed by atoms with E-state index in [1.54, 1.807) is 17.2 Å². The molecule has 7 heteroatoms. The summed E-state index contributed by atoms with van der Waals surface area (Å²) in [5, 5.41) is 4.62. The molecule has 6 nitrogen and oxygen atoms in total. The Hall–Kier alpha value is -2.57. The number of hydroxylamine groups is 1. The summed E-state index contributed by atoms with van der Waals surface area (Å²) in [5.41, 5.74) is 2.70. The van der Waals surface area contributed by atoms with Crippen LogP contribution in [0, 0.1) is 5.92 Å². The smallest absolute Gasteiger partial charge is 0.259 e. The van der Waals surface area contributed by atoms with Crippen molar-refractivity contribution in [3.63, 3.8) is 0 Å². The van der Waals surface area contributed by atoms with E-state index in [0.29, 0.717) is 5.02 Å². The molecule has 2 aromatic rings. The zero-order valence-corrected chi connectivity index (χ0v) is 15.1. The molecular weight excluding hydrogens is 354 g/mol. The zero-order valence-electron chi connectivity index (χ0n) is 14.3. The lowest BCUT2D eigenvalue weighted by Gasteiger charge is -2.27. The van der Waals surface area contributed by atoms with Crippen LogP contribution in [0.2, 0.25) is 5.02 Å². The SMILES string of the molecule is CN(C)c1ccc([C@@H]2[C@@H]3C(=O)NC(=O)[C@@H]3ON2c2ccc(Cl)cc2)cc1. The van der Waals surface area contributed by atoms with Crippen LogP contribution in [0.3, 0.4) is 0 Å². The Morgan fingerprint density at radius 3 is 2.27 bits per heavy atom. The van der Waals surface area contributed by atoms with Crippen LogP contribution in [0.1, 0.15) is 11.6 Å². The summed E-state index contributed by atoms with van der Waals surface area (Å²) in [6.45, 7) is 0. The van der Waals surface area contributed by atoms with Gasteiger partial charge in [-0.15, -0.1) is 0 Å². The van der Waals surface area contributed by atoms with Gasteiger partial charge in [-0.1, -0.05) is 23.7 Å². The second-order valence-corrected chi connectivity index (χ2v) is 7.07. The minimum atomic E-state index is -0.822. The number of rotatable bonds is 3. The molecule has 1 N–H and O–H groups in total. The van der Waals surface area contributed by atoms with Crippen LogP contribution in [0.4, 0.5) is 11.4 Å². The number of carbonyl (C=O) groups is 2. The van der Waals surface area contributed by atoms with E-state index >= 15 is 0 Å². The molecule has 0 saturated carbocycles. The predicted molar refractivity (Wildman–Crippen MR) is 99.0 cm³/mol. The summed E-state index contributed by atoms with van der Waals surface area (Å²) in [6, 6.07) is 14.6. The van der Waals surface area contributed by atoms with E-state index in [1.807, 2.05) is 55.4 Å². The third kappa shape index (κ3) is 2.71. The van der Waals surface area contributed by atoms with Crippen molar-refractivity contribution in [2.45, 2.75) is 12.1 Å². The Bertz CT molecular complexity index is 851. The van der Waals surface area contributed by atoms with E-state index in [0.717, 1.165) is 16.9 Å². The highest BCUT2D eigenvalue weighted by Crippen LogP contribution is 2.44. The molecule has 0 aromatic heterocycles. The second kappa shape index (κ2) is 6.30. The van der Waals surface area contributed by atoms with E-state index < -0.39 is 24.0 Å². The molecule has 2 aliphatic heterocycles. The van der Waals surface area contributed by atoms with Gasteiger partial charge in [0, 0.05) is 24.8 Å². The van der Waals surface area contributed by atoms with Crippen molar-refractivity contribution < 1.29 is 14.4 Å². The Kier molecular flexibility index (Phi) is 4.09. The van der Waals surface area contributed by atoms with Crippen LogP contribution in [0.25, 0.3) is 0 Å². The number of benzene rings is 2. The minimum absolute atomic E-state index is 0.307. The van der Waals surface area contributed by atoms with Gasteiger partial charge in [-0.05, 0) is 42.0 Å². The number of anilines is 2. The van der Waals surface area contributed by atoms with Crippen molar-refractivity contribution >= 4 is 34.8 Å². The van der Waals surface area contributed by atoms with E-state index in [2.05, 4.69) is 5.32 Å². The third-order valence-corrected chi connectivity index (χ3v) is 5.04. The van der Waals surface area contributed by atoms with Gasteiger partial charge in [-0.25, -0.2) is 5.06 Å². The van der Waals surface area contributed by atoms with Crippen LogP contribution in [0.15, 0.2) is 48.5 Å². The molecule has 4 rings (SSSR count).